The van der Waals surface area contributed by atoms with Gasteiger partial charge in [0, 0.05) is 20.1 Å². The molecule has 0 aromatic heterocycles. The molecule has 20 heavy (non-hydrogen) atoms. The van der Waals surface area contributed by atoms with Gasteiger partial charge in [0.15, 0.2) is 0 Å². The van der Waals surface area contributed by atoms with Crippen molar-refractivity contribution in [2.24, 2.45) is 5.92 Å². The first-order valence-electron chi connectivity index (χ1n) is 6.67. The van der Waals surface area contributed by atoms with E-state index in [1.165, 1.54) is 5.56 Å². The predicted molar refractivity (Wildman–Crippen MR) is 77.5 cm³/mol. The van der Waals surface area contributed by atoms with Crippen LogP contribution in [0.1, 0.15) is 24.5 Å². The van der Waals surface area contributed by atoms with Crippen molar-refractivity contribution in [2.75, 3.05) is 13.6 Å². The Morgan fingerprint density at radius 2 is 1.90 bits per heavy atom. The Balaban J connectivity index is 2.35. The lowest BCUT2D eigenvalue weighted by Crippen LogP contribution is -2.37. The fourth-order valence-corrected chi connectivity index (χ4v) is 1.69. The first-order chi connectivity index (χ1) is 9.40. The molecule has 1 unspecified atom stereocenters. The molecule has 0 radical (unpaired) electrons. The zero-order valence-corrected chi connectivity index (χ0v) is 12.2. The van der Waals surface area contributed by atoms with Gasteiger partial charge < -0.3 is 15.3 Å². The monoisotopic (exact) mass is 278 g/mol. The summed E-state index contributed by atoms with van der Waals surface area (Å²) in [4.78, 5) is 24.1. The van der Waals surface area contributed by atoms with Crippen LogP contribution >= 0.6 is 0 Å². The molecule has 1 aromatic rings. The molecule has 0 aliphatic rings. The first kappa shape index (κ1) is 16.0. The summed E-state index contributed by atoms with van der Waals surface area (Å²) in [6.07, 6.45) is 0.430. The Morgan fingerprint density at radius 3 is 2.45 bits per heavy atom. The van der Waals surface area contributed by atoms with Crippen molar-refractivity contribution in [3.8, 4) is 0 Å². The molecule has 0 saturated carbocycles. The molecule has 110 valence electrons. The van der Waals surface area contributed by atoms with Crippen LogP contribution in [0.4, 0.5) is 4.79 Å². The molecule has 1 atom stereocenters. The lowest BCUT2D eigenvalue weighted by Gasteiger charge is -2.18. The van der Waals surface area contributed by atoms with Crippen LogP contribution in [-0.2, 0) is 11.3 Å². The minimum atomic E-state index is -0.841. The molecule has 0 heterocycles. The van der Waals surface area contributed by atoms with E-state index in [1.807, 2.05) is 31.2 Å². The molecule has 5 nitrogen and oxygen atoms in total. The van der Waals surface area contributed by atoms with Gasteiger partial charge in [0.2, 0.25) is 0 Å². The van der Waals surface area contributed by atoms with E-state index in [0.717, 1.165) is 5.56 Å². The second kappa shape index (κ2) is 7.53. The zero-order chi connectivity index (χ0) is 15.1. The minimum absolute atomic E-state index is 0.192. The number of hydrogen-bond acceptors (Lipinski definition) is 2. The van der Waals surface area contributed by atoms with Gasteiger partial charge >= 0.3 is 12.0 Å². The number of carbonyl (C=O) groups excluding carboxylic acids is 1. The van der Waals surface area contributed by atoms with Crippen LogP contribution < -0.4 is 5.32 Å². The predicted octanol–water partition coefficient (Wildman–Crippen LogP) is 2.25. The highest BCUT2D eigenvalue weighted by Crippen LogP contribution is 2.06. The molecular weight excluding hydrogens is 256 g/mol. The molecule has 1 rings (SSSR count). The number of amides is 2. The highest BCUT2D eigenvalue weighted by molar-refractivity contribution is 5.74. The van der Waals surface area contributed by atoms with E-state index >= 15 is 0 Å². The maximum absolute atomic E-state index is 11.8. The minimum Gasteiger partial charge on any atom is -0.481 e. The van der Waals surface area contributed by atoms with Gasteiger partial charge in [-0.05, 0) is 18.9 Å². The van der Waals surface area contributed by atoms with Gasteiger partial charge in [-0.1, -0.05) is 36.8 Å². The number of benzene rings is 1. The summed E-state index contributed by atoms with van der Waals surface area (Å²) in [5.41, 5.74) is 2.25. The number of aryl methyl sites for hydroxylation is 1. The van der Waals surface area contributed by atoms with Gasteiger partial charge in [-0.2, -0.15) is 0 Å². The average Bonchev–Trinajstić information content (AvgIpc) is 2.40. The van der Waals surface area contributed by atoms with E-state index in [2.05, 4.69) is 5.32 Å². The second-order valence-electron chi connectivity index (χ2n) is 5.10. The van der Waals surface area contributed by atoms with Crippen LogP contribution in [-0.4, -0.2) is 35.6 Å². The summed E-state index contributed by atoms with van der Waals surface area (Å²) in [6.45, 7) is 4.54. The SMILES string of the molecule is Cc1ccc(CN(C)C(=O)NCCC(C)C(=O)O)cc1. The summed E-state index contributed by atoms with van der Waals surface area (Å²) < 4.78 is 0. The van der Waals surface area contributed by atoms with Gasteiger partial charge in [0.05, 0.1) is 5.92 Å². The molecule has 0 aliphatic carbocycles. The van der Waals surface area contributed by atoms with Crippen LogP contribution in [0.5, 0.6) is 0 Å². The van der Waals surface area contributed by atoms with E-state index in [9.17, 15) is 9.59 Å². The third kappa shape index (κ3) is 5.30. The van der Waals surface area contributed by atoms with Crippen LogP contribution in [0.15, 0.2) is 24.3 Å². The maximum Gasteiger partial charge on any atom is 0.317 e. The lowest BCUT2D eigenvalue weighted by atomic mass is 10.1. The largest absolute Gasteiger partial charge is 0.481 e. The van der Waals surface area contributed by atoms with Crippen molar-refractivity contribution in [1.82, 2.24) is 10.2 Å². The van der Waals surface area contributed by atoms with Crippen molar-refractivity contribution in [1.29, 1.82) is 0 Å². The lowest BCUT2D eigenvalue weighted by molar-refractivity contribution is -0.141. The fourth-order valence-electron chi connectivity index (χ4n) is 1.69. The highest BCUT2D eigenvalue weighted by atomic mass is 16.4. The smallest absolute Gasteiger partial charge is 0.317 e. The number of hydrogen-bond donors (Lipinski definition) is 2. The topological polar surface area (TPSA) is 69.6 Å². The number of carboxylic acids is 1. The summed E-state index contributed by atoms with van der Waals surface area (Å²) in [5, 5.41) is 11.5. The standard InChI is InChI=1S/C15H22N2O3/c1-11-4-6-13(7-5-11)10-17(3)15(20)16-9-8-12(2)14(18)19/h4-7,12H,8-10H2,1-3H3,(H,16,20)(H,18,19). The third-order valence-corrected chi connectivity index (χ3v) is 3.16. The number of aliphatic carboxylic acids is 1. The van der Waals surface area contributed by atoms with Crippen molar-refractivity contribution < 1.29 is 14.7 Å². The van der Waals surface area contributed by atoms with Crippen molar-refractivity contribution in [2.45, 2.75) is 26.8 Å². The van der Waals surface area contributed by atoms with E-state index in [4.69, 9.17) is 5.11 Å². The quantitative estimate of drug-likeness (QED) is 0.838. The van der Waals surface area contributed by atoms with E-state index in [0.29, 0.717) is 19.5 Å². The number of urea groups is 1. The molecule has 0 saturated heterocycles. The molecule has 2 N–H and O–H groups in total. The van der Waals surface area contributed by atoms with Gasteiger partial charge in [0.25, 0.3) is 0 Å². The summed E-state index contributed by atoms with van der Waals surface area (Å²) in [7, 11) is 1.72. The van der Waals surface area contributed by atoms with E-state index in [-0.39, 0.29) is 6.03 Å². The van der Waals surface area contributed by atoms with Crippen molar-refractivity contribution in [3.05, 3.63) is 35.4 Å². The second-order valence-corrected chi connectivity index (χ2v) is 5.10. The van der Waals surface area contributed by atoms with Crippen LogP contribution in [0.2, 0.25) is 0 Å². The fraction of sp³-hybridized carbons (Fsp3) is 0.467. The Hall–Kier alpha value is -2.04. The molecule has 0 spiro atoms. The van der Waals surface area contributed by atoms with Crippen molar-refractivity contribution >= 4 is 12.0 Å². The average molecular weight is 278 g/mol. The van der Waals surface area contributed by atoms with Crippen LogP contribution in [0.3, 0.4) is 0 Å². The third-order valence-electron chi connectivity index (χ3n) is 3.16. The molecule has 0 fully saturated rings. The number of nitrogens with one attached hydrogen (secondary N) is 1. The molecule has 0 aliphatic heterocycles. The molecule has 5 heteroatoms. The summed E-state index contributed by atoms with van der Waals surface area (Å²) in [6, 6.07) is 7.81. The summed E-state index contributed by atoms with van der Waals surface area (Å²) >= 11 is 0. The number of rotatable bonds is 6. The van der Waals surface area contributed by atoms with Crippen molar-refractivity contribution in [3.63, 3.8) is 0 Å². The first-order valence-corrected chi connectivity index (χ1v) is 6.67. The van der Waals surface area contributed by atoms with Gasteiger partial charge in [-0.15, -0.1) is 0 Å². The van der Waals surface area contributed by atoms with E-state index in [1.54, 1.807) is 18.9 Å². The molecule has 1 aromatic carbocycles. The maximum atomic E-state index is 11.8. The zero-order valence-electron chi connectivity index (χ0n) is 12.2. The molecule has 2 amide bonds. The highest BCUT2D eigenvalue weighted by Gasteiger charge is 2.12. The molecule has 0 bridgehead atoms. The Morgan fingerprint density at radius 1 is 1.30 bits per heavy atom. The number of carboxylic acid groups (broad SMARTS) is 1. The van der Waals surface area contributed by atoms with E-state index < -0.39 is 11.9 Å². The number of carbonyl (C=O) groups is 2. The Kier molecular flexibility index (Phi) is 6.03. The summed E-state index contributed by atoms with van der Waals surface area (Å²) in [5.74, 6) is -1.29. The molecular formula is C15H22N2O3. The van der Waals surface area contributed by atoms with Gasteiger partial charge in [0.1, 0.15) is 0 Å². The van der Waals surface area contributed by atoms with Crippen LogP contribution in [0, 0.1) is 12.8 Å². The normalized spacial score (nSPS) is 11.8. The van der Waals surface area contributed by atoms with Gasteiger partial charge in [-0.3, -0.25) is 4.79 Å². The number of nitrogens with zero attached hydrogens (tertiary/aromatic N) is 1. The Labute approximate surface area is 119 Å². The van der Waals surface area contributed by atoms with Crippen LogP contribution in [0.25, 0.3) is 0 Å². The van der Waals surface area contributed by atoms with Gasteiger partial charge in [-0.25, -0.2) is 4.79 Å². The Bertz CT molecular complexity index is 457.